The van der Waals surface area contributed by atoms with E-state index in [0.717, 1.165) is 11.4 Å². The van der Waals surface area contributed by atoms with E-state index in [9.17, 15) is 30.4 Å². The number of fused-ring (bicyclic) bond motifs is 1. The van der Waals surface area contributed by atoms with Gasteiger partial charge in [-0.1, -0.05) is 30.3 Å². The van der Waals surface area contributed by atoms with E-state index >= 15 is 0 Å². The van der Waals surface area contributed by atoms with Crippen LogP contribution in [0.3, 0.4) is 0 Å². The maximum Gasteiger partial charge on any atom is 0.246 e. The molecule has 4 rings (SSSR count). The minimum atomic E-state index is -5.03. The molecular weight excluding hydrogens is 467 g/mol. The SMILES string of the molecule is O=S(=O)(NCC1CN(Cc2ccccc2)Cc2nccn2C1)c1c(F)c(F)c(F)c(F)c1F. The second kappa shape index (κ2) is 9.20. The van der Waals surface area contributed by atoms with Crippen molar-refractivity contribution in [3.8, 4) is 0 Å². The average Bonchev–Trinajstić information content (AvgIpc) is 3.14. The summed E-state index contributed by atoms with van der Waals surface area (Å²) in [5.74, 6) is -11.5. The summed E-state index contributed by atoms with van der Waals surface area (Å²) in [6, 6.07) is 9.56. The first-order chi connectivity index (χ1) is 15.7. The molecule has 0 radical (unpaired) electrons. The summed E-state index contributed by atoms with van der Waals surface area (Å²) in [4.78, 5) is 4.46. The number of benzene rings is 2. The fraction of sp³-hybridized carbons (Fsp3) is 0.286. The van der Waals surface area contributed by atoms with Crippen molar-refractivity contribution >= 4 is 10.0 Å². The molecule has 2 heterocycles. The third kappa shape index (κ3) is 4.77. The fourth-order valence-corrected chi connectivity index (χ4v) is 5.09. The van der Waals surface area contributed by atoms with Crippen LogP contribution in [0.25, 0.3) is 0 Å². The predicted octanol–water partition coefficient (Wildman–Crippen LogP) is 3.19. The molecular formula is C21H19F5N4O2S. The summed E-state index contributed by atoms with van der Waals surface area (Å²) in [6.45, 7) is 1.50. The van der Waals surface area contributed by atoms with Gasteiger partial charge >= 0.3 is 0 Å². The average molecular weight is 486 g/mol. The van der Waals surface area contributed by atoms with Crippen LogP contribution in [0, 0.1) is 35.0 Å². The van der Waals surface area contributed by atoms with Crippen molar-refractivity contribution in [3.63, 3.8) is 0 Å². The zero-order valence-electron chi connectivity index (χ0n) is 17.1. The van der Waals surface area contributed by atoms with Crippen LogP contribution in [0.15, 0.2) is 47.6 Å². The van der Waals surface area contributed by atoms with Gasteiger partial charge in [0.05, 0.1) is 6.54 Å². The Kier molecular flexibility index (Phi) is 6.50. The number of nitrogens with one attached hydrogen (secondary N) is 1. The summed E-state index contributed by atoms with van der Waals surface area (Å²) in [7, 11) is -5.03. The second-order valence-corrected chi connectivity index (χ2v) is 9.47. The van der Waals surface area contributed by atoms with Gasteiger partial charge in [-0.15, -0.1) is 0 Å². The van der Waals surface area contributed by atoms with E-state index in [1.165, 1.54) is 0 Å². The highest BCUT2D eigenvalue weighted by Crippen LogP contribution is 2.27. The minimum absolute atomic E-state index is 0.287. The molecule has 33 heavy (non-hydrogen) atoms. The third-order valence-corrected chi connectivity index (χ3v) is 6.83. The van der Waals surface area contributed by atoms with E-state index in [2.05, 4.69) is 4.98 Å². The Labute approximate surface area is 186 Å². The van der Waals surface area contributed by atoms with Crippen molar-refractivity contribution in [2.45, 2.75) is 24.5 Å². The highest BCUT2D eigenvalue weighted by Gasteiger charge is 2.34. The zero-order chi connectivity index (χ0) is 23.8. The molecule has 6 nitrogen and oxygen atoms in total. The molecule has 1 aliphatic heterocycles. The predicted molar refractivity (Wildman–Crippen MR) is 108 cm³/mol. The van der Waals surface area contributed by atoms with Gasteiger partial charge in [-0.25, -0.2) is 40.1 Å². The van der Waals surface area contributed by atoms with Crippen LogP contribution in [-0.4, -0.2) is 36.0 Å². The molecule has 0 saturated heterocycles. The van der Waals surface area contributed by atoms with E-state index in [1.54, 1.807) is 12.4 Å². The lowest BCUT2D eigenvalue weighted by Crippen LogP contribution is -2.37. The molecule has 0 amide bonds. The van der Waals surface area contributed by atoms with Gasteiger partial charge in [0.2, 0.25) is 15.8 Å². The van der Waals surface area contributed by atoms with Crippen molar-refractivity contribution in [2.24, 2.45) is 5.92 Å². The monoisotopic (exact) mass is 486 g/mol. The number of aromatic nitrogens is 2. The topological polar surface area (TPSA) is 67.2 Å². The zero-order valence-corrected chi connectivity index (χ0v) is 17.9. The summed E-state index contributed by atoms with van der Waals surface area (Å²) in [5, 5.41) is 0. The third-order valence-electron chi connectivity index (χ3n) is 5.39. The van der Waals surface area contributed by atoms with Gasteiger partial charge < -0.3 is 4.57 Å². The molecule has 1 unspecified atom stereocenters. The first-order valence-corrected chi connectivity index (χ1v) is 11.4. The van der Waals surface area contributed by atoms with Gasteiger partial charge in [0, 0.05) is 44.5 Å². The second-order valence-electron chi connectivity index (χ2n) is 7.77. The Hall–Kier alpha value is -2.83. The molecule has 1 aromatic heterocycles. The number of hydrogen-bond donors (Lipinski definition) is 1. The number of hydrogen-bond acceptors (Lipinski definition) is 4. The molecule has 0 bridgehead atoms. The van der Waals surface area contributed by atoms with E-state index < -0.39 is 44.0 Å². The molecule has 12 heteroatoms. The molecule has 3 aromatic rings. The molecule has 176 valence electrons. The van der Waals surface area contributed by atoms with Crippen LogP contribution in [0.4, 0.5) is 22.0 Å². The van der Waals surface area contributed by atoms with Crippen molar-refractivity contribution in [2.75, 3.05) is 13.1 Å². The van der Waals surface area contributed by atoms with Gasteiger partial charge in [0.25, 0.3) is 0 Å². The number of sulfonamides is 1. The Balaban J connectivity index is 1.56. The molecule has 1 atom stereocenters. The van der Waals surface area contributed by atoms with Crippen LogP contribution in [0.1, 0.15) is 11.4 Å². The van der Waals surface area contributed by atoms with E-state index in [-0.39, 0.29) is 12.5 Å². The van der Waals surface area contributed by atoms with Crippen LogP contribution < -0.4 is 4.72 Å². The summed E-state index contributed by atoms with van der Waals surface area (Å²) < 4.78 is 97.2. The Morgan fingerprint density at radius 2 is 1.58 bits per heavy atom. The Morgan fingerprint density at radius 1 is 0.939 bits per heavy atom. The number of halogens is 5. The summed E-state index contributed by atoms with van der Waals surface area (Å²) in [5.41, 5.74) is 1.03. The lowest BCUT2D eigenvalue weighted by Gasteiger charge is -2.24. The number of imidazole rings is 1. The Morgan fingerprint density at radius 3 is 2.24 bits per heavy atom. The van der Waals surface area contributed by atoms with Crippen LogP contribution in [-0.2, 0) is 29.7 Å². The summed E-state index contributed by atoms with van der Waals surface area (Å²) in [6.07, 6.45) is 3.34. The van der Waals surface area contributed by atoms with Crippen molar-refractivity contribution < 1.29 is 30.4 Å². The lowest BCUT2D eigenvalue weighted by atomic mass is 10.1. The molecule has 0 spiro atoms. The van der Waals surface area contributed by atoms with Gasteiger partial charge in [-0.2, -0.15) is 0 Å². The van der Waals surface area contributed by atoms with E-state index in [1.807, 2.05) is 44.5 Å². The highest BCUT2D eigenvalue weighted by molar-refractivity contribution is 7.89. The first kappa shape index (κ1) is 23.3. The van der Waals surface area contributed by atoms with Crippen molar-refractivity contribution in [1.82, 2.24) is 19.2 Å². The lowest BCUT2D eigenvalue weighted by molar-refractivity contribution is 0.220. The molecule has 2 aromatic carbocycles. The number of nitrogens with zero attached hydrogens (tertiary/aromatic N) is 3. The van der Waals surface area contributed by atoms with Gasteiger partial charge in [0.1, 0.15) is 5.82 Å². The first-order valence-electron chi connectivity index (χ1n) is 9.94. The van der Waals surface area contributed by atoms with Crippen LogP contribution in [0.5, 0.6) is 0 Å². The van der Waals surface area contributed by atoms with Crippen LogP contribution >= 0.6 is 0 Å². The number of rotatable bonds is 6. The minimum Gasteiger partial charge on any atom is -0.333 e. The maximum atomic E-state index is 14.0. The van der Waals surface area contributed by atoms with Gasteiger partial charge in [-0.3, -0.25) is 4.90 Å². The standard InChI is InChI=1S/C21H19F5N4O2S/c22-16-17(23)19(25)21(20(26)18(16)24)33(31,32)28-8-14-10-29(9-13-4-2-1-3-5-13)12-15-27-6-7-30(15)11-14/h1-7,14,28H,8-12H2. The van der Waals surface area contributed by atoms with E-state index in [0.29, 0.717) is 26.2 Å². The van der Waals surface area contributed by atoms with Crippen molar-refractivity contribution in [1.29, 1.82) is 0 Å². The van der Waals surface area contributed by atoms with Gasteiger partial charge in [0.15, 0.2) is 28.2 Å². The highest BCUT2D eigenvalue weighted by atomic mass is 32.2. The summed E-state index contributed by atoms with van der Waals surface area (Å²) >= 11 is 0. The fourth-order valence-electron chi connectivity index (χ4n) is 3.84. The smallest absolute Gasteiger partial charge is 0.246 e. The van der Waals surface area contributed by atoms with Gasteiger partial charge in [-0.05, 0) is 5.56 Å². The Bertz CT molecular complexity index is 1240. The normalized spacial score (nSPS) is 17.1. The molecule has 1 N–H and O–H groups in total. The van der Waals surface area contributed by atoms with Crippen molar-refractivity contribution in [3.05, 3.63) is 83.2 Å². The molecule has 1 aliphatic rings. The largest absolute Gasteiger partial charge is 0.333 e. The molecule has 0 saturated carbocycles. The van der Waals surface area contributed by atoms with E-state index in [4.69, 9.17) is 0 Å². The molecule has 0 fully saturated rings. The molecule has 0 aliphatic carbocycles. The quantitative estimate of drug-likeness (QED) is 0.330. The maximum absolute atomic E-state index is 14.0. The van der Waals surface area contributed by atoms with Crippen LogP contribution in [0.2, 0.25) is 0 Å².